The van der Waals surface area contributed by atoms with Crippen LogP contribution in [0.5, 0.6) is 0 Å². The lowest BCUT2D eigenvalue weighted by atomic mass is 10.2. The number of amides is 2. The van der Waals surface area contributed by atoms with Gasteiger partial charge in [-0.25, -0.2) is 0 Å². The van der Waals surface area contributed by atoms with Crippen LogP contribution < -0.4 is 16.2 Å². The number of benzene rings is 1. The van der Waals surface area contributed by atoms with Gasteiger partial charge in [-0.2, -0.15) is 0 Å². The fraction of sp³-hybridized carbons (Fsp3) is 0.133. The maximum absolute atomic E-state index is 11.9. The number of nitrogens with one attached hydrogen (secondary N) is 3. The third-order valence-corrected chi connectivity index (χ3v) is 2.79. The van der Waals surface area contributed by atoms with Crippen LogP contribution in [0, 0.1) is 0 Å². The van der Waals surface area contributed by atoms with Crippen molar-refractivity contribution in [1.82, 2.24) is 10.3 Å². The van der Waals surface area contributed by atoms with Gasteiger partial charge in [0.25, 0.3) is 11.5 Å². The van der Waals surface area contributed by atoms with E-state index in [1.165, 1.54) is 19.2 Å². The smallest absolute Gasteiger partial charge is 0.260 e. The van der Waals surface area contributed by atoms with Crippen molar-refractivity contribution in [3.8, 4) is 0 Å². The van der Waals surface area contributed by atoms with Gasteiger partial charge in [0.05, 0.1) is 0 Å². The molecule has 3 N–H and O–H groups in total. The summed E-state index contributed by atoms with van der Waals surface area (Å²) in [6.45, 7) is 1.74. The summed E-state index contributed by atoms with van der Waals surface area (Å²) >= 11 is 0. The minimum Gasteiger partial charge on any atom is -0.348 e. The Morgan fingerprint density at radius 1 is 1.14 bits per heavy atom. The van der Waals surface area contributed by atoms with Gasteiger partial charge in [-0.05, 0) is 29.8 Å². The van der Waals surface area contributed by atoms with E-state index in [-0.39, 0.29) is 11.5 Å². The highest BCUT2D eigenvalue weighted by Gasteiger charge is 2.08. The Morgan fingerprint density at radius 2 is 1.86 bits per heavy atom. The number of pyridine rings is 1. The number of carbonyl (C=O) groups excluding carboxylic acids is 2. The van der Waals surface area contributed by atoms with Crippen molar-refractivity contribution >= 4 is 17.5 Å². The summed E-state index contributed by atoms with van der Waals surface area (Å²) in [7, 11) is 0. The van der Waals surface area contributed by atoms with E-state index < -0.39 is 11.5 Å². The number of hydrogen-bond donors (Lipinski definition) is 3. The number of hydrogen-bond acceptors (Lipinski definition) is 3. The molecule has 0 aliphatic heterocycles. The largest absolute Gasteiger partial charge is 0.348 e. The van der Waals surface area contributed by atoms with Crippen LogP contribution in [-0.4, -0.2) is 16.8 Å². The highest BCUT2D eigenvalue weighted by molar-refractivity contribution is 5.93. The Labute approximate surface area is 121 Å². The molecule has 0 atom stereocenters. The van der Waals surface area contributed by atoms with Gasteiger partial charge in [-0.1, -0.05) is 12.1 Å². The summed E-state index contributed by atoms with van der Waals surface area (Å²) in [4.78, 5) is 36.7. The molecule has 108 valence electrons. The fourth-order valence-electron chi connectivity index (χ4n) is 1.79. The van der Waals surface area contributed by atoms with Crippen LogP contribution in [-0.2, 0) is 11.3 Å². The molecule has 0 saturated heterocycles. The SMILES string of the molecule is CC(=O)Nc1ccc(CNC(=O)c2ccc[nH]c2=O)cc1. The van der Waals surface area contributed by atoms with Gasteiger partial charge < -0.3 is 15.6 Å². The molecule has 21 heavy (non-hydrogen) atoms. The van der Waals surface area contributed by atoms with Crippen LogP contribution in [0.15, 0.2) is 47.4 Å². The molecule has 1 aromatic heterocycles. The quantitative estimate of drug-likeness (QED) is 0.790. The van der Waals surface area contributed by atoms with Gasteiger partial charge in [0, 0.05) is 25.4 Å². The lowest BCUT2D eigenvalue weighted by Gasteiger charge is -2.06. The first kappa shape index (κ1) is 14.5. The minimum absolute atomic E-state index is 0.0763. The number of anilines is 1. The predicted molar refractivity (Wildman–Crippen MR) is 79.0 cm³/mol. The zero-order valence-corrected chi connectivity index (χ0v) is 11.5. The van der Waals surface area contributed by atoms with E-state index in [9.17, 15) is 14.4 Å². The fourth-order valence-corrected chi connectivity index (χ4v) is 1.79. The second-order valence-electron chi connectivity index (χ2n) is 4.47. The van der Waals surface area contributed by atoms with Crippen LogP contribution in [0.3, 0.4) is 0 Å². The number of aromatic nitrogens is 1. The van der Waals surface area contributed by atoms with E-state index >= 15 is 0 Å². The van der Waals surface area contributed by atoms with Crippen molar-refractivity contribution in [2.75, 3.05) is 5.32 Å². The zero-order valence-electron chi connectivity index (χ0n) is 11.5. The van der Waals surface area contributed by atoms with Crippen LogP contribution in [0.1, 0.15) is 22.8 Å². The first-order valence-electron chi connectivity index (χ1n) is 6.38. The molecule has 0 fully saturated rings. The summed E-state index contributed by atoms with van der Waals surface area (Å²) in [5.41, 5.74) is 1.21. The van der Waals surface area contributed by atoms with E-state index in [4.69, 9.17) is 0 Å². The molecule has 0 radical (unpaired) electrons. The lowest BCUT2D eigenvalue weighted by molar-refractivity contribution is -0.114. The van der Waals surface area contributed by atoms with Crippen molar-refractivity contribution in [3.05, 3.63) is 64.1 Å². The molecular weight excluding hydrogens is 270 g/mol. The number of aromatic amines is 1. The van der Waals surface area contributed by atoms with Gasteiger partial charge in [-0.15, -0.1) is 0 Å². The van der Waals surface area contributed by atoms with Gasteiger partial charge in [0.15, 0.2) is 0 Å². The van der Waals surface area contributed by atoms with Crippen molar-refractivity contribution in [1.29, 1.82) is 0 Å². The monoisotopic (exact) mass is 285 g/mol. The second kappa shape index (κ2) is 6.51. The Kier molecular flexibility index (Phi) is 4.50. The van der Waals surface area contributed by atoms with Crippen molar-refractivity contribution < 1.29 is 9.59 Å². The van der Waals surface area contributed by atoms with Crippen molar-refractivity contribution in [2.45, 2.75) is 13.5 Å². The number of H-pyrrole nitrogens is 1. The first-order chi connectivity index (χ1) is 10.1. The van der Waals surface area contributed by atoms with Crippen LogP contribution in [0.4, 0.5) is 5.69 Å². The lowest BCUT2D eigenvalue weighted by Crippen LogP contribution is -2.28. The summed E-state index contributed by atoms with van der Waals surface area (Å²) in [5, 5.41) is 5.33. The molecule has 0 bridgehead atoms. The molecule has 1 heterocycles. The van der Waals surface area contributed by atoms with Crippen molar-refractivity contribution in [2.24, 2.45) is 0 Å². The summed E-state index contributed by atoms with van der Waals surface area (Å²) in [6.07, 6.45) is 1.47. The van der Waals surface area contributed by atoms with E-state index in [1.807, 2.05) is 0 Å². The Balaban J connectivity index is 1.97. The average Bonchev–Trinajstić information content (AvgIpc) is 2.46. The molecule has 6 heteroatoms. The first-order valence-corrected chi connectivity index (χ1v) is 6.38. The molecule has 2 amide bonds. The van der Waals surface area contributed by atoms with Gasteiger partial charge >= 0.3 is 0 Å². The molecule has 2 rings (SSSR count). The highest BCUT2D eigenvalue weighted by atomic mass is 16.2. The minimum atomic E-state index is -0.428. The Hall–Kier alpha value is -2.89. The maximum Gasteiger partial charge on any atom is 0.260 e. The second-order valence-corrected chi connectivity index (χ2v) is 4.47. The Bertz CT molecular complexity index is 705. The van der Waals surface area contributed by atoms with Crippen LogP contribution in [0.25, 0.3) is 0 Å². The summed E-state index contributed by atoms with van der Waals surface area (Å²) in [5.74, 6) is -0.567. The third-order valence-electron chi connectivity index (χ3n) is 2.79. The normalized spacial score (nSPS) is 9.95. The van der Waals surface area contributed by atoms with E-state index in [0.717, 1.165) is 5.56 Å². The number of carbonyl (C=O) groups is 2. The molecule has 6 nitrogen and oxygen atoms in total. The molecule has 0 saturated carbocycles. The van der Waals surface area contributed by atoms with E-state index in [1.54, 1.807) is 30.3 Å². The van der Waals surface area contributed by atoms with Crippen molar-refractivity contribution in [3.63, 3.8) is 0 Å². The van der Waals surface area contributed by atoms with Gasteiger partial charge in [-0.3, -0.25) is 14.4 Å². The molecule has 2 aromatic rings. The molecule has 0 unspecified atom stereocenters. The Morgan fingerprint density at radius 3 is 2.48 bits per heavy atom. The third kappa shape index (κ3) is 4.04. The molecule has 1 aromatic carbocycles. The van der Waals surface area contributed by atoms with E-state index in [0.29, 0.717) is 12.2 Å². The maximum atomic E-state index is 11.9. The molecular formula is C15H15N3O3. The van der Waals surface area contributed by atoms with Gasteiger partial charge in [0.1, 0.15) is 5.56 Å². The van der Waals surface area contributed by atoms with Crippen LogP contribution >= 0.6 is 0 Å². The average molecular weight is 285 g/mol. The summed E-state index contributed by atoms with van der Waals surface area (Å²) in [6, 6.07) is 10.1. The molecule has 0 aliphatic rings. The molecule has 0 aliphatic carbocycles. The topological polar surface area (TPSA) is 91.1 Å². The summed E-state index contributed by atoms with van der Waals surface area (Å²) < 4.78 is 0. The standard InChI is InChI=1S/C15H15N3O3/c1-10(19)18-12-6-4-11(5-7-12)9-17-15(21)13-3-2-8-16-14(13)20/h2-8H,9H2,1H3,(H,16,20)(H,17,21)(H,18,19). The highest BCUT2D eigenvalue weighted by Crippen LogP contribution is 2.09. The van der Waals surface area contributed by atoms with Crippen LogP contribution in [0.2, 0.25) is 0 Å². The number of rotatable bonds is 4. The zero-order chi connectivity index (χ0) is 15.2. The van der Waals surface area contributed by atoms with Gasteiger partial charge in [0.2, 0.25) is 5.91 Å². The molecule has 0 spiro atoms. The predicted octanol–water partition coefficient (Wildman–Crippen LogP) is 1.26. The van der Waals surface area contributed by atoms with E-state index in [2.05, 4.69) is 15.6 Å².